The van der Waals surface area contributed by atoms with Crippen LogP contribution in [0.2, 0.25) is 10.0 Å². The van der Waals surface area contributed by atoms with Crippen LogP contribution in [0.15, 0.2) is 47.5 Å². The van der Waals surface area contributed by atoms with Gasteiger partial charge in [0, 0.05) is 11.4 Å². The first-order valence-electron chi connectivity index (χ1n) is 10.2. The summed E-state index contributed by atoms with van der Waals surface area (Å²) in [7, 11) is 0. The number of hydrogen-bond donors (Lipinski definition) is 4. The molecule has 0 aliphatic heterocycles. The zero-order chi connectivity index (χ0) is 26.1. The zero-order valence-electron chi connectivity index (χ0n) is 18.3. The normalized spacial score (nSPS) is 11.6. The highest BCUT2D eigenvalue weighted by atomic mass is 35.5. The topological polar surface area (TPSA) is 154 Å². The lowest BCUT2D eigenvalue weighted by Gasteiger charge is -2.07. The number of benzene rings is 2. The van der Waals surface area contributed by atoms with Gasteiger partial charge in [0.2, 0.25) is 0 Å². The number of amides is 2. The van der Waals surface area contributed by atoms with Gasteiger partial charge in [-0.1, -0.05) is 46.7 Å². The third-order valence-corrected chi connectivity index (χ3v) is 7.13. The van der Waals surface area contributed by atoms with Gasteiger partial charge in [0.25, 0.3) is 5.91 Å². The molecule has 0 unspecified atom stereocenters. The van der Waals surface area contributed by atoms with Crippen LogP contribution in [0.4, 0.5) is 5.69 Å². The van der Waals surface area contributed by atoms with Gasteiger partial charge in [-0.3, -0.25) is 9.59 Å². The summed E-state index contributed by atoms with van der Waals surface area (Å²) in [6, 6.07) is 11.0. The molecule has 0 spiro atoms. The number of aromatic nitrogens is 2. The number of carboxylic acids is 2. The Kier molecular flexibility index (Phi) is 6.97. The molecule has 2 aromatic carbocycles. The minimum absolute atomic E-state index is 0.0309. The Morgan fingerprint density at radius 3 is 2.33 bits per heavy atom. The number of anilines is 1. The van der Waals surface area contributed by atoms with Crippen molar-refractivity contribution in [2.24, 2.45) is 4.99 Å². The number of rotatable bonds is 5. The van der Waals surface area contributed by atoms with Crippen LogP contribution < -0.4 is 10.1 Å². The van der Waals surface area contributed by atoms with Crippen molar-refractivity contribution in [2.45, 2.75) is 13.5 Å². The second-order valence-electron chi connectivity index (χ2n) is 7.58. The number of aromatic carboxylic acids is 1. The predicted octanol–water partition coefficient (Wildman–Crippen LogP) is 4.16. The predicted molar refractivity (Wildman–Crippen MR) is 134 cm³/mol. The highest BCUT2D eigenvalue weighted by molar-refractivity contribution is 7.16. The number of aryl methyl sites for hydroxylation is 1. The van der Waals surface area contributed by atoms with E-state index in [0.717, 1.165) is 16.9 Å². The van der Waals surface area contributed by atoms with E-state index in [4.69, 9.17) is 33.4 Å². The van der Waals surface area contributed by atoms with Gasteiger partial charge in [0.15, 0.2) is 4.80 Å². The molecule has 4 N–H and O–H groups in total. The Balaban J connectivity index is 1.82. The fraction of sp³-hybridized carbons (Fsp3) is 0.0870. The van der Waals surface area contributed by atoms with Crippen molar-refractivity contribution in [1.29, 1.82) is 0 Å². The molecule has 0 radical (unpaired) electrons. The molecule has 4 rings (SSSR count). The van der Waals surface area contributed by atoms with Crippen molar-refractivity contribution in [3.63, 3.8) is 0 Å². The quantitative estimate of drug-likeness (QED) is 0.275. The molecule has 0 aliphatic rings. The number of aromatic amines is 1. The van der Waals surface area contributed by atoms with Crippen LogP contribution in [0, 0.1) is 6.92 Å². The summed E-state index contributed by atoms with van der Waals surface area (Å²) in [5.41, 5.74) is 2.32. The SMILES string of the molecule is Cc1[nH]c(C(=O)N=c2sc3cc(NC(=O)C(=O)O)ccc3n2Cc2ccc(C(=O)O)cc2)c(Cl)c1Cl. The summed E-state index contributed by atoms with van der Waals surface area (Å²) < 4.78 is 2.35. The number of thiazole rings is 1. The van der Waals surface area contributed by atoms with E-state index in [9.17, 15) is 19.2 Å². The molecule has 0 atom stereocenters. The fourth-order valence-electron chi connectivity index (χ4n) is 3.37. The maximum Gasteiger partial charge on any atom is 0.394 e. The van der Waals surface area contributed by atoms with Crippen molar-refractivity contribution in [3.05, 3.63) is 79.8 Å². The summed E-state index contributed by atoms with van der Waals surface area (Å²) in [4.78, 5) is 53.9. The molecule has 184 valence electrons. The number of carbonyl (C=O) groups excluding carboxylic acids is 2. The van der Waals surface area contributed by atoms with E-state index in [0.29, 0.717) is 20.7 Å². The summed E-state index contributed by atoms with van der Waals surface area (Å²) in [5.74, 6) is -4.52. The van der Waals surface area contributed by atoms with Crippen LogP contribution in [-0.4, -0.2) is 43.5 Å². The van der Waals surface area contributed by atoms with Crippen molar-refractivity contribution in [2.75, 3.05) is 5.32 Å². The van der Waals surface area contributed by atoms with E-state index in [1.807, 2.05) is 0 Å². The third-order valence-electron chi connectivity index (χ3n) is 5.14. The number of carbonyl (C=O) groups is 4. The maximum atomic E-state index is 13.0. The van der Waals surface area contributed by atoms with Gasteiger partial charge in [-0.05, 0) is 42.8 Å². The van der Waals surface area contributed by atoms with E-state index < -0.39 is 23.8 Å². The van der Waals surface area contributed by atoms with Gasteiger partial charge < -0.3 is 25.1 Å². The Morgan fingerprint density at radius 1 is 1.06 bits per heavy atom. The molecule has 0 saturated heterocycles. The van der Waals surface area contributed by atoms with Crippen LogP contribution in [-0.2, 0) is 16.1 Å². The minimum Gasteiger partial charge on any atom is -0.478 e. The molecule has 4 aromatic rings. The number of carboxylic acid groups (broad SMARTS) is 2. The first-order chi connectivity index (χ1) is 17.0. The number of nitrogens with one attached hydrogen (secondary N) is 2. The van der Waals surface area contributed by atoms with Crippen LogP contribution in [0.3, 0.4) is 0 Å². The summed E-state index contributed by atoms with van der Waals surface area (Å²) in [5, 5.41) is 20.5. The lowest BCUT2D eigenvalue weighted by molar-refractivity contribution is -0.147. The number of H-pyrrole nitrogens is 1. The zero-order valence-corrected chi connectivity index (χ0v) is 20.7. The highest BCUT2D eigenvalue weighted by Crippen LogP contribution is 2.29. The van der Waals surface area contributed by atoms with Gasteiger partial charge in [-0.15, -0.1) is 0 Å². The van der Waals surface area contributed by atoms with E-state index >= 15 is 0 Å². The lowest BCUT2D eigenvalue weighted by Crippen LogP contribution is -2.21. The lowest BCUT2D eigenvalue weighted by atomic mass is 10.1. The molecule has 2 aromatic heterocycles. The van der Waals surface area contributed by atoms with Gasteiger partial charge >= 0.3 is 17.8 Å². The standard InChI is InChI=1S/C23H16Cl2N4O6S/c1-10-16(24)17(25)18(26-10)19(30)28-23-29(9-11-2-4-12(5-3-11)21(32)33)14-7-6-13(8-15(14)36-23)27-20(31)22(34)35/h2-8,26H,9H2,1H3,(H,27,31)(H,32,33)(H,34,35). The Morgan fingerprint density at radius 2 is 1.75 bits per heavy atom. The van der Waals surface area contributed by atoms with E-state index in [1.165, 1.54) is 18.2 Å². The molecule has 0 bridgehead atoms. The maximum absolute atomic E-state index is 13.0. The molecule has 13 heteroatoms. The number of nitrogens with zero attached hydrogens (tertiary/aromatic N) is 2. The number of halogens is 2. The Hall–Kier alpha value is -3.93. The van der Waals surface area contributed by atoms with E-state index in [-0.39, 0.29) is 33.5 Å². The Labute approximate surface area is 216 Å². The van der Waals surface area contributed by atoms with E-state index in [2.05, 4.69) is 15.3 Å². The first-order valence-corrected chi connectivity index (χ1v) is 11.7. The molecule has 0 aliphatic carbocycles. The smallest absolute Gasteiger partial charge is 0.394 e. The summed E-state index contributed by atoms with van der Waals surface area (Å²) >= 11 is 13.4. The molecule has 2 amide bonds. The fourth-order valence-corrected chi connectivity index (χ4v) is 4.85. The largest absolute Gasteiger partial charge is 0.478 e. The molecular formula is C23H16Cl2N4O6S. The first kappa shape index (κ1) is 25.2. The highest BCUT2D eigenvalue weighted by Gasteiger charge is 2.19. The number of aliphatic carboxylic acids is 1. The van der Waals surface area contributed by atoms with Crippen molar-refractivity contribution >= 4 is 74.2 Å². The third kappa shape index (κ3) is 5.03. The molecule has 0 fully saturated rings. The average molecular weight is 547 g/mol. The number of fused-ring (bicyclic) bond motifs is 1. The van der Waals surface area contributed by atoms with Crippen LogP contribution in [0.1, 0.15) is 32.1 Å². The minimum atomic E-state index is -1.63. The number of hydrogen-bond acceptors (Lipinski definition) is 5. The van der Waals surface area contributed by atoms with Gasteiger partial charge in [-0.25, -0.2) is 9.59 Å². The van der Waals surface area contributed by atoms with Crippen molar-refractivity contribution in [3.8, 4) is 0 Å². The van der Waals surface area contributed by atoms with Crippen LogP contribution >= 0.6 is 34.5 Å². The molecule has 2 heterocycles. The van der Waals surface area contributed by atoms with Gasteiger partial charge in [0.05, 0.1) is 32.4 Å². The van der Waals surface area contributed by atoms with Gasteiger partial charge in [0.1, 0.15) is 5.69 Å². The van der Waals surface area contributed by atoms with E-state index in [1.54, 1.807) is 35.8 Å². The monoisotopic (exact) mass is 546 g/mol. The average Bonchev–Trinajstić information content (AvgIpc) is 3.30. The second-order valence-corrected chi connectivity index (χ2v) is 9.35. The van der Waals surface area contributed by atoms with Crippen molar-refractivity contribution < 1.29 is 29.4 Å². The van der Waals surface area contributed by atoms with Crippen molar-refractivity contribution in [1.82, 2.24) is 9.55 Å². The van der Waals surface area contributed by atoms with Crippen LogP contribution in [0.5, 0.6) is 0 Å². The molecule has 0 saturated carbocycles. The Bertz CT molecular complexity index is 1620. The molecule has 10 nitrogen and oxygen atoms in total. The second kappa shape index (κ2) is 9.97. The van der Waals surface area contributed by atoms with Crippen LogP contribution in [0.25, 0.3) is 10.2 Å². The summed E-state index contributed by atoms with van der Waals surface area (Å²) in [6.45, 7) is 1.91. The van der Waals surface area contributed by atoms with Gasteiger partial charge in [-0.2, -0.15) is 4.99 Å². The molecule has 36 heavy (non-hydrogen) atoms. The summed E-state index contributed by atoms with van der Waals surface area (Å²) in [6.07, 6.45) is 0. The molecular weight excluding hydrogens is 531 g/mol.